The number of anilines is 1. The number of halogens is 1. The molecule has 17 heavy (non-hydrogen) atoms. The summed E-state index contributed by atoms with van der Waals surface area (Å²) in [6.07, 6.45) is 2.54. The fraction of sp³-hybridized carbons (Fsp3) is 0.462. The van der Waals surface area contributed by atoms with Crippen molar-refractivity contribution in [1.29, 1.82) is 0 Å². The maximum absolute atomic E-state index is 13.6. The van der Waals surface area contributed by atoms with Crippen LogP contribution in [0.4, 0.5) is 10.1 Å². The van der Waals surface area contributed by atoms with E-state index in [-0.39, 0.29) is 11.7 Å². The predicted molar refractivity (Wildman–Crippen MR) is 65.0 cm³/mol. The highest BCUT2D eigenvalue weighted by atomic mass is 19.1. The molecule has 1 aromatic rings. The maximum Gasteiger partial charge on any atom is 0.243 e. The van der Waals surface area contributed by atoms with Gasteiger partial charge in [-0.1, -0.05) is 25.5 Å². The Morgan fingerprint density at radius 1 is 1.53 bits per heavy atom. The molecule has 0 aliphatic heterocycles. The largest absolute Gasteiger partial charge is 0.369 e. The second kappa shape index (κ2) is 4.35. The molecule has 1 aliphatic carbocycles. The van der Waals surface area contributed by atoms with Gasteiger partial charge in [0.05, 0.1) is 5.69 Å². The molecule has 0 heterocycles. The van der Waals surface area contributed by atoms with E-state index in [1.54, 1.807) is 18.2 Å². The van der Waals surface area contributed by atoms with Crippen LogP contribution in [0.2, 0.25) is 0 Å². The van der Waals surface area contributed by atoms with Crippen LogP contribution in [0.1, 0.15) is 26.2 Å². The van der Waals surface area contributed by atoms with E-state index in [1.165, 1.54) is 6.07 Å². The van der Waals surface area contributed by atoms with Crippen LogP contribution < -0.4 is 11.1 Å². The zero-order valence-electron chi connectivity index (χ0n) is 9.87. The van der Waals surface area contributed by atoms with Crippen molar-refractivity contribution in [3.05, 3.63) is 30.1 Å². The summed E-state index contributed by atoms with van der Waals surface area (Å²) in [5.41, 5.74) is 5.04. The number of para-hydroxylation sites is 1. The normalized spacial score (nSPS) is 28.0. The molecule has 3 N–H and O–H groups in total. The summed E-state index contributed by atoms with van der Waals surface area (Å²) in [6.45, 7) is 1.98. The number of benzene rings is 1. The molecule has 1 aliphatic rings. The lowest BCUT2D eigenvalue weighted by Crippen LogP contribution is -2.52. The maximum atomic E-state index is 13.6. The van der Waals surface area contributed by atoms with Gasteiger partial charge in [0.1, 0.15) is 11.4 Å². The quantitative estimate of drug-likeness (QED) is 0.846. The summed E-state index contributed by atoms with van der Waals surface area (Å²) < 4.78 is 13.6. The van der Waals surface area contributed by atoms with Crippen LogP contribution in [-0.4, -0.2) is 11.4 Å². The number of carbonyl (C=O) groups excluding carboxylic acids is 1. The van der Waals surface area contributed by atoms with Crippen LogP contribution in [0.15, 0.2) is 24.3 Å². The molecule has 2 unspecified atom stereocenters. The molecule has 4 heteroatoms. The highest BCUT2D eigenvalue weighted by molar-refractivity contribution is 5.88. The minimum Gasteiger partial charge on any atom is -0.369 e. The van der Waals surface area contributed by atoms with E-state index in [0.29, 0.717) is 12.1 Å². The molecule has 1 saturated carbocycles. The molecular weight excluding hydrogens is 219 g/mol. The predicted octanol–water partition coefficient (Wildman–Crippen LogP) is 2.28. The summed E-state index contributed by atoms with van der Waals surface area (Å²) in [6, 6.07) is 6.36. The van der Waals surface area contributed by atoms with Crippen molar-refractivity contribution in [2.24, 2.45) is 11.7 Å². The number of nitrogens with two attached hydrogens (primary N) is 1. The van der Waals surface area contributed by atoms with Crippen LogP contribution in [0.3, 0.4) is 0 Å². The average Bonchev–Trinajstić information content (AvgIpc) is 2.65. The van der Waals surface area contributed by atoms with Crippen molar-refractivity contribution in [2.75, 3.05) is 5.32 Å². The van der Waals surface area contributed by atoms with Crippen molar-refractivity contribution in [3.63, 3.8) is 0 Å². The number of carbonyl (C=O) groups is 1. The molecule has 0 bridgehead atoms. The molecule has 92 valence electrons. The first-order chi connectivity index (χ1) is 8.06. The van der Waals surface area contributed by atoms with Crippen LogP contribution in [0, 0.1) is 11.7 Å². The first-order valence-corrected chi connectivity index (χ1v) is 5.89. The van der Waals surface area contributed by atoms with Gasteiger partial charge in [-0.15, -0.1) is 0 Å². The van der Waals surface area contributed by atoms with E-state index in [0.717, 1.165) is 12.8 Å². The third-order valence-corrected chi connectivity index (χ3v) is 3.72. The smallest absolute Gasteiger partial charge is 0.243 e. The van der Waals surface area contributed by atoms with E-state index >= 15 is 0 Å². The molecule has 2 atom stereocenters. The molecule has 0 saturated heterocycles. The first-order valence-electron chi connectivity index (χ1n) is 5.89. The Morgan fingerprint density at radius 2 is 2.24 bits per heavy atom. The van der Waals surface area contributed by atoms with Gasteiger partial charge >= 0.3 is 0 Å². The summed E-state index contributed by atoms with van der Waals surface area (Å²) in [5, 5.41) is 3.02. The third kappa shape index (κ3) is 1.99. The summed E-state index contributed by atoms with van der Waals surface area (Å²) in [4.78, 5) is 11.7. The van der Waals surface area contributed by atoms with E-state index in [4.69, 9.17) is 5.73 Å². The second-order valence-electron chi connectivity index (χ2n) is 4.73. The number of hydrogen-bond donors (Lipinski definition) is 2. The summed E-state index contributed by atoms with van der Waals surface area (Å²) in [5.74, 6) is -0.627. The van der Waals surface area contributed by atoms with E-state index in [1.807, 2.05) is 6.92 Å². The van der Waals surface area contributed by atoms with Crippen molar-refractivity contribution < 1.29 is 9.18 Å². The highest BCUT2D eigenvalue weighted by Crippen LogP contribution is 2.38. The zero-order chi connectivity index (χ0) is 12.5. The van der Waals surface area contributed by atoms with Crippen molar-refractivity contribution >= 4 is 11.6 Å². The Hall–Kier alpha value is -1.58. The lowest BCUT2D eigenvalue weighted by Gasteiger charge is -2.32. The Balaban J connectivity index is 2.31. The van der Waals surface area contributed by atoms with Crippen LogP contribution in [0.25, 0.3) is 0 Å². The second-order valence-corrected chi connectivity index (χ2v) is 4.73. The van der Waals surface area contributed by atoms with Gasteiger partial charge in [0.2, 0.25) is 5.91 Å². The topological polar surface area (TPSA) is 55.1 Å². The zero-order valence-corrected chi connectivity index (χ0v) is 9.87. The molecule has 1 aromatic carbocycles. The first kappa shape index (κ1) is 11.9. The van der Waals surface area contributed by atoms with E-state index < -0.39 is 11.4 Å². The van der Waals surface area contributed by atoms with Gasteiger partial charge in [-0.05, 0) is 30.9 Å². The molecule has 0 radical (unpaired) electrons. The minimum atomic E-state index is -0.803. The lowest BCUT2D eigenvalue weighted by atomic mass is 9.87. The molecule has 0 spiro atoms. The summed E-state index contributed by atoms with van der Waals surface area (Å²) in [7, 11) is 0. The standard InChI is InChI=1S/C13H17FN2O/c1-9-5-4-8-13(9,12(15)17)16-11-7-3-2-6-10(11)14/h2-3,6-7,9,16H,4-5,8H2,1H3,(H2,15,17). The minimum absolute atomic E-state index is 0.125. The van der Waals surface area contributed by atoms with Gasteiger partial charge < -0.3 is 11.1 Å². The SMILES string of the molecule is CC1CCCC1(Nc1ccccc1F)C(N)=O. The van der Waals surface area contributed by atoms with Crippen molar-refractivity contribution in [2.45, 2.75) is 31.7 Å². The Bertz CT molecular complexity index is 435. The molecular formula is C13H17FN2O. The molecule has 1 amide bonds. The van der Waals surface area contributed by atoms with Gasteiger partial charge in [-0.25, -0.2) is 4.39 Å². The van der Waals surface area contributed by atoms with Gasteiger partial charge in [0, 0.05) is 0 Å². The number of primary amides is 1. The number of amides is 1. The Morgan fingerprint density at radius 3 is 2.76 bits per heavy atom. The fourth-order valence-electron chi connectivity index (χ4n) is 2.60. The van der Waals surface area contributed by atoms with Crippen LogP contribution >= 0.6 is 0 Å². The fourth-order valence-corrected chi connectivity index (χ4v) is 2.60. The average molecular weight is 236 g/mol. The van der Waals surface area contributed by atoms with Crippen LogP contribution in [0.5, 0.6) is 0 Å². The molecule has 1 fully saturated rings. The van der Waals surface area contributed by atoms with Gasteiger partial charge in [0.15, 0.2) is 0 Å². The Labute approximate surface area is 100 Å². The highest BCUT2D eigenvalue weighted by Gasteiger charge is 2.45. The van der Waals surface area contributed by atoms with Crippen LogP contribution in [-0.2, 0) is 4.79 Å². The summed E-state index contributed by atoms with van der Waals surface area (Å²) >= 11 is 0. The van der Waals surface area contributed by atoms with Gasteiger partial charge in [-0.2, -0.15) is 0 Å². The Kier molecular flexibility index (Phi) is 3.05. The van der Waals surface area contributed by atoms with Gasteiger partial charge in [0.25, 0.3) is 0 Å². The van der Waals surface area contributed by atoms with Crippen molar-refractivity contribution in [3.8, 4) is 0 Å². The number of hydrogen-bond acceptors (Lipinski definition) is 2. The molecule has 0 aromatic heterocycles. The molecule has 3 nitrogen and oxygen atoms in total. The monoisotopic (exact) mass is 236 g/mol. The van der Waals surface area contributed by atoms with E-state index in [9.17, 15) is 9.18 Å². The molecule has 2 rings (SSSR count). The number of rotatable bonds is 3. The lowest BCUT2D eigenvalue weighted by molar-refractivity contribution is -0.123. The van der Waals surface area contributed by atoms with Crippen molar-refractivity contribution in [1.82, 2.24) is 0 Å². The third-order valence-electron chi connectivity index (χ3n) is 3.72. The van der Waals surface area contributed by atoms with E-state index in [2.05, 4.69) is 5.32 Å². The van der Waals surface area contributed by atoms with Gasteiger partial charge in [-0.3, -0.25) is 4.79 Å². The number of nitrogens with one attached hydrogen (secondary N) is 1.